The molecule has 1 N–H and O–H groups in total. The summed E-state index contributed by atoms with van der Waals surface area (Å²) in [5, 5.41) is 7.73. The van der Waals surface area contributed by atoms with E-state index in [9.17, 15) is 4.79 Å². The van der Waals surface area contributed by atoms with Gasteiger partial charge in [-0.05, 0) is 18.2 Å². The van der Waals surface area contributed by atoms with Gasteiger partial charge in [0.1, 0.15) is 0 Å². The van der Waals surface area contributed by atoms with E-state index in [1.165, 1.54) is 0 Å². The van der Waals surface area contributed by atoms with E-state index in [4.69, 9.17) is 23.2 Å². The van der Waals surface area contributed by atoms with E-state index in [2.05, 4.69) is 10.2 Å². The Hall–Kier alpha value is -1.06. The van der Waals surface area contributed by atoms with Crippen LogP contribution in [0.1, 0.15) is 0 Å². The monoisotopic (exact) mass is 214 g/mol. The first-order valence-electron chi connectivity index (χ1n) is 3.52. The van der Waals surface area contributed by atoms with Crippen LogP contribution in [-0.4, -0.2) is 10.2 Å². The van der Waals surface area contributed by atoms with Gasteiger partial charge in [-0.25, -0.2) is 5.10 Å². The summed E-state index contributed by atoms with van der Waals surface area (Å²) in [6.07, 6.45) is 0. The molecule has 0 aliphatic rings. The van der Waals surface area contributed by atoms with E-state index in [0.29, 0.717) is 15.8 Å². The van der Waals surface area contributed by atoms with Gasteiger partial charge in [0.05, 0.1) is 5.39 Å². The van der Waals surface area contributed by atoms with Crippen molar-refractivity contribution >= 4 is 34.0 Å². The van der Waals surface area contributed by atoms with Crippen LogP contribution in [0.25, 0.3) is 10.8 Å². The summed E-state index contributed by atoms with van der Waals surface area (Å²) in [6, 6.07) is 4.86. The molecule has 13 heavy (non-hydrogen) atoms. The molecule has 0 saturated carbocycles. The highest BCUT2D eigenvalue weighted by Gasteiger charge is 2.03. The van der Waals surface area contributed by atoms with Gasteiger partial charge in [-0.2, -0.15) is 5.10 Å². The molecule has 0 radical (unpaired) electrons. The smallest absolute Gasteiger partial charge is 0.267 e. The molecule has 0 saturated heterocycles. The average molecular weight is 215 g/mol. The van der Waals surface area contributed by atoms with Crippen molar-refractivity contribution in [3.8, 4) is 0 Å². The summed E-state index contributed by atoms with van der Waals surface area (Å²) >= 11 is 11.5. The molecule has 66 valence electrons. The van der Waals surface area contributed by atoms with Crippen molar-refractivity contribution in [3.05, 3.63) is 38.7 Å². The highest BCUT2D eigenvalue weighted by Crippen LogP contribution is 2.21. The van der Waals surface area contributed by atoms with Crippen molar-refractivity contribution in [2.75, 3.05) is 0 Å². The quantitative estimate of drug-likeness (QED) is 0.732. The molecule has 0 atom stereocenters. The molecule has 0 aliphatic heterocycles. The van der Waals surface area contributed by atoms with Crippen molar-refractivity contribution in [1.82, 2.24) is 10.2 Å². The molecule has 0 spiro atoms. The summed E-state index contributed by atoms with van der Waals surface area (Å²) in [7, 11) is 0. The van der Waals surface area contributed by atoms with Crippen LogP contribution in [0.5, 0.6) is 0 Å². The number of H-pyrrole nitrogens is 1. The largest absolute Gasteiger partial charge is 0.272 e. The molecule has 0 amide bonds. The zero-order chi connectivity index (χ0) is 9.42. The van der Waals surface area contributed by atoms with E-state index >= 15 is 0 Å². The van der Waals surface area contributed by atoms with Crippen LogP contribution >= 0.6 is 23.2 Å². The minimum atomic E-state index is -0.268. The van der Waals surface area contributed by atoms with Crippen LogP contribution in [0.2, 0.25) is 10.2 Å². The standard InChI is InChI=1S/C8H4Cl2N2O/c9-4-1-2-5-6(3-4)7(10)11-12-8(5)13/h1-3H,(H,12,13). The van der Waals surface area contributed by atoms with E-state index in [0.717, 1.165) is 0 Å². The number of rotatable bonds is 0. The van der Waals surface area contributed by atoms with E-state index < -0.39 is 0 Å². The number of hydrogen-bond donors (Lipinski definition) is 1. The highest BCUT2D eigenvalue weighted by atomic mass is 35.5. The maximum Gasteiger partial charge on any atom is 0.272 e. The van der Waals surface area contributed by atoms with E-state index in [1.807, 2.05) is 0 Å². The maximum atomic E-state index is 11.2. The Morgan fingerprint density at radius 3 is 2.77 bits per heavy atom. The minimum Gasteiger partial charge on any atom is -0.267 e. The van der Waals surface area contributed by atoms with Crippen molar-refractivity contribution in [2.45, 2.75) is 0 Å². The fourth-order valence-electron chi connectivity index (χ4n) is 1.11. The SMILES string of the molecule is O=c1[nH]nc(Cl)c2cc(Cl)ccc12. The lowest BCUT2D eigenvalue weighted by molar-refractivity contribution is 1.01. The minimum absolute atomic E-state index is 0.247. The molecule has 0 aliphatic carbocycles. The summed E-state index contributed by atoms with van der Waals surface area (Å²) in [5.74, 6) is 0. The molecule has 0 unspecified atom stereocenters. The lowest BCUT2D eigenvalue weighted by Crippen LogP contribution is -2.07. The fraction of sp³-hybridized carbons (Fsp3) is 0. The second-order valence-corrected chi connectivity index (χ2v) is 3.33. The third kappa shape index (κ3) is 1.41. The number of nitrogens with zero attached hydrogens (tertiary/aromatic N) is 1. The number of aromatic nitrogens is 2. The first-order chi connectivity index (χ1) is 6.18. The molecule has 1 heterocycles. The number of benzene rings is 1. The predicted octanol–water partition coefficient (Wildman–Crippen LogP) is 2.23. The Balaban J connectivity index is 3.01. The third-order valence-corrected chi connectivity index (χ3v) is 2.23. The molecule has 0 fully saturated rings. The van der Waals surface area contributed by atoms with Crippen molar-refractivity contribution < 1.29 is 0 Å². The van der Waals surface area contributed by atoms with Crippen LogP contribution in [-0.2, 0) is 0 Å². The number of aromatic amines is 1. The Morgan fingerprint density at radius 1 is 1.23 bits per heavy atom. The van der Waals surface area contributed by atoms with Crippen LogP contribution in [0.15, 0.2) is 23.0 Å². The number of hydrogen-bond acceptors (Lipinski definition) is 2. The summed E-state index contributed by atoms with van der Waals surface area (Å²) in [6.45, 7) is 0. The topological polar surface area (TPSA) is 45.8 Å². The van der Waals surface area contributed by atoms with Crippen molar-refractivity contribution in [3.63, 3.8) is 0 Å². The third-order valence-electron chi connectivity index (χ3n) is 1.70. The Kier molecular flexibility index (Phi) is 1.98. The molecule has 3 nitrogen and oxygen atoms in total. The van der Waals surface area contributed by atoms with Crippen molar-refractivity contribution in [2.24, 2.45) is 0 Å². The van der Waals surface area contributed by atoms with Crippen LogP contribution in [0, 0.1) is 0 Å². The zero-order valence-corrected chi connectivity index (χ0v) is 7.86. The fourth-order valence-corrected chi connectivity index (χ4v) is 1.48. The number of halogens is 2. The molecular formula is C8H4Cl2N2O. The van der Waals surface area contributed by atoms with Gasteiger partial charge in [-0.1, -0.05) is 23.2 Å². The van der Waals surface area contributed by atoms with Gasteiger partial charge in [-0.15, -0.1) is 0 Å². The van der Waals surface area contributed by atoms with Gasteiger partial charge >= 0.3 is 0 Å². The Bertz CT molecular complexity index is 521. The number of fused-ring (bicyclic) bond motifs is 1. The van der Waals surface area contributed by atoms with Gasteiger partial charge < -0.3 is 0 Å². The van der Waals surface area contributed by atoms with Crippen LogP contribution in [0.3, 0.4) is 0 Å². The molecule has 2 rings (SSSR count). The van der Waals surface area contributed by atoms with Gasteiger partial charge in [-0.3, -0.25) is 4.79 Å². The second-order valence-electron chi connectivity index (χ2n) is 2.53. The Morgan fingerprint density at radius 2 is 2.00 bits per heavy atom. The van der Waals surface area contributed by atoms with Crippen LogP contribution < -0.4 is 5.56 Å². The molecule has 0 bridgehead atoms. The van der Waals surface area contributed by atoms with Gasteiger partial charge in [0, 0.05) is 10.4 Å². The number of nitrogens with one attached hydrogen (secondary N) is 1. The summed E-state index contributed by atoms with van der Waals surface area (Å²) in [4.78, 5) is 11.2. The van der Waals surface area contributed by atoms with Gasteiger partial charge in [0.2, 0.25) is 0 Å². The zero-order valence-electron chi connectivity index (χ0n) is 6.34. The molecule has 1 aromatic heterocycles. The van der Waals surface area contributed by atoms with Crippen molar-refractivity contribution in [1.29, 1.82) is 0 Å². The molecular weight excluding hydrogens is 211 g/mol. The summed E-state index contributed by atoms with van der Waals surface area (Å²) in [5.41, 5.74) is -0.268. The first-order valence-corrected chi connectivity index (χ1v) is 4.27. The molecule has 5 heteroatoms. The predicted molar refractivity (Wildman–Crippen MR) is 52.4 cm³/mol. The first kappa shape index (κ1) is 8.53. The van der Waals surface area contributed by atoms with Gasteiger partial charge in [0.15, 0.2) is 5.15 Å². The van der Waals surface area contributed by atoms with Crippen LogP contribution in [0.4, 0.5) is 0 Å². The molecule has 1 aromatic carbocycles. The summed E-state index contributed by atoms with van der Waals surface area (Å²) < 4.78 is 0. The lowest BCUT2D eigenvalue weighted by Gasteiger charge is -1.97. The lowest BCUT2D eigenvalue weighted by atomic mass is 10.2. The second kappa shape index (κ2) is 3.01. The average Bonchev–Trinajstić information content (AvgIpc) is 2.12. The highest BCUT2D eigenvalue weighted by molar-refractivity contribution is 6.35. The van der Waals surface area contributed by atoms with E-state index in [-0.39, 0.29) is 10.7 Å². The normalized spacial score (nSPS) is 10.6. The van der Waals surface area contributed by atoms with E-state index in [1.54, 1.807) is 18.2 Å². The maximum absolute atomic E-state index is 11.2. The molecule has 2 aromatic rings. The Labute approximate surface area is 83.3 Å². The van der Waals surface area contributed by atoms with Gasteiger partial charge in [0.25, 0.3) is 5.56 Å².